The summed E-state index contributed by atoms with van der Waals surface area (Å²) in [4.78, 5) is 10.3. The molecule has 0 bridgehead atoms. The van der Waals surface area contributed by atoms with Crippen LogP contribution in [0.1, 0.15) is 24.4 Å². The van der Waals surface area contributed by atoms with E-state index in [9.17, 15) is 0 Å². The molecular weight excluding hydrogens is 294 g/mol. The Morgan fingerprint density at radius 2 is 2.00 bits per heavy atom. The van der Waals surface area contributed by atoms with Crippen molar-refractivity contribution in [2.75, 3.05) is 19.0 Å². The zero-order chi connectivity index (χ0) is 15.4. The SMILES string of the molecule is CCc1nc(NC(COC)c2ccccc2)c2ccsc2n1. The zero-order valence-corrected chi connectivity index (χ0v) is 13.6. The van der Waals surface area contributed by atoms with Crippen molar-refractivity contribution < 1.29 is 4.74 Å². The van der Waals surface area contributed by atoms with Gasteiger partial charge in [-0.3, -0.25) is 0 Å². The van der Waals surface area contributed by atoms with E-state index in [2.05, 4.69) is 45.8 Å². The van der Waals surface area contributed by atoms with E-state index in [-0.39, 0.29) is 6.04 Å². The molecule has 4 nitrogen and oxygen atoms in total. The van der Waals surface area contributed by atoms with E-state index in [0.717, 1.165) is 28.3 Å². The first-order valence-corrected chi connectivity index (χ1v) is 8.24. The lowest BCUT2D eigenvalue weighted by Gasteiger charge is -2.19. The van der Waals surface area contributed by atoms with Gasteiger partial charge in [0.15, 0.2) is 0 Å². The summed E-state index contributed by atoms with van der Waals surface area (Å²) in [5, 5.41) is 6.65. The van der Waals surface area contributed by atoms with Crippen LogP contribution in [0.3, 0.4) is 0 Å². The summed E-state index contributed by atoms with van der Waals surface area (Å²) < 4.78 is 5.38. The smallest absolute Gasteiger partial charge is 0.139 e. The molecule has 2 aromatic heterocycles. The van der Waals surface area contributed by atoms with Crippen molar-refractivity contribution in [3.8, 4) is 0 Å². The van der Waals surface area contributed by atoms with Gasteiger partial charge in [0.05, 0.1) is 18.0 Å². The van der Waals surface area contributed by atoms with E-state index in [1.807, 2.05) is 18.2 Å². The highest BCUT2D eigenvalue weighted by molar-refractivity contribution is 7.16. The quantitative estimate of drug-likeness (QED) is 0.745. The predicted octanol–water partition coefficient (Wildman–Crippen LogP) is 4.05. The van der Waals surface area contributed by atoms with Gasteiger partial charge in [-0.15, -0.1) is 11.3 Å². The van der Waals surface area contributed by atoms with Crippen molar-refractivity contribution in [2.24, 2.45) is 0 Å². The highest BCUT2D eigenvalue weighted by Gasteiger charge is 2.15. The molecule has 1 aromatic carbocycles. The molecule has 0 amide bonds. The Kier molecular flexibility index (Phi) is 4.65. The minimum Gasteiger partial charge on any atom is -0.382 e. The molecule has 22 heavy (non-hydrogen) atoms. The standard InChI is InChI=1S/C17H19N3OS/c1-3-15-19-16(13-9-10-22-17(13)20-15)18-14(11-21-2)12-7-5-4-6-8-12/h4-10,14H,3,11H2,1-2H3,(H,18,19,20). The molecule has 3 aromatic rings. The van der Waals surface area contributed by atoms with Gasteiger partial charge in [0.2, 0.25) is 0 Å². The number of hydrogen-bond donors (Lipinski definition) is 1. The maximum atomic E-state index is 5.38. The van der Waals surface area contributed by atoms with E-state index < -0.39 is 0 Å². The molecule has 0 aliphatic heterocycles. The lowest BCUT2D eigenvalue weighted by atomic mass is 10.1. The number of ether oxygens (including phenoxy) is 1. The molecule has 114 valence electrons. The molecule has 3 rings (SSSR count). The first-order valence-electron chi connectivity index (χ1n) is 7.36. The van der Waals surface area contributed by atoms with Gasteiger partial charge in [-0.2, -0.15) is 0 Å². The molecule has 1 unspecified atom stereocenters. The molecule has 1 N–H and O–H groups in total. The first-order chi connectivity index (χ1) is 10.8. The number of hydrogen-bond acceptors (Lipinski definition) is 5. The van der Waals surface area contributed by atoms with Crippen molar-refractivity contribution in [1.82, 2.24) is 9.97 Å². The van der Waals surface area contributed by atoms with Crippen molar-refractivity contribution >= 4 is 27.4 Å². The number of nitrogens with zero attached hydrogens (tertiary/aromatic N) is 2. The molecule has 0 saturated heterocycles. The van der Waals surface area contributed by atoms with Gasteiger partial charge in [-0.05, 0) is 17.0 Å². The number of thiophene rings is 1. The van der Waals surface area contributed by atoms with Gasteiger partial charge in [0, 0.05) is 13.5 Å². The molecule has 2 heterocycles. The fourth-order valence-electron chi connectivity index (χ4n) is 2.41. The van der Waals surface area contributed by atoms with Gasteiger partial charge in [-0.25, -0.2) is 9.97 Å². The summed E-state index contributed by atoms with van der Waals surface area (Å²) >= 11 is 1.64. The molecule has 0 aliphatic rings. The highest BCUT2D eigenvalue weighted by Crippen LogP contribution is 2.28. The fourth-order valence-corrected chi connectivity index (χ4v) is 3.19. The number of anilines is 1. The second kappa shape index (κ2) is 6.85. The maximum absolute atomic E-state index is 5.38. The van der Waals surface area contributed by atoms with Gasteiger partial charge in [0.1, 0.15) is 16.5 Å². The normalized spacial score (nSPS) is 12.5. The summed E-state index contributed by atoms with van der Waals surface area (Å²) in [5.41, 5.74) is 1.18. The fraction of sp³-hybridized carbons (Fsp3) is 0.294. The summed E-state index contributed by atoms with van der Waals surface area (Å²) in [6.45, 7) is 2.66. The number of fused-ring (bicyclic) bond motifs is 1. The second-order valence-electron chi connectivity index (χ2n) is 5.04. The average molecular weight is 313 g/mol. The minimum absolute atomic E-state index is 0.0638. The van der Waals surface area contributed by atoms with Crippen LogP contribution in [0, 0.1) is 0 Å². The molecule has 0 radical (unpaired) electrons. The van der Waals surface area contributed by atoms with Crippen LogP contribution < -0.4 is 5.32 Å². The van der Waals surface area contributed by atoms with E-state index in [1.165, 1.54) is 5.56 Å². The third-order valence-corrected chi connectivity index (χ3v) is 4.34. The van der Waals surface area contributed by atoms with E-state index in [4.69, 9.17) is 4.74 Å². The van der Waals surface area contributed by atoms with Crippen LogP contribution in [0.15, 0.2) is 41.8 Å². The van der Waals surface area contributed by atoms with Crippen LogP contribution in [0.4, 0.5) is 5.82 Å². The summed E-state index contributed by atoms with van der Waals surface area (Å²) in [5.74, 6) is 1.75. The van der Waals surface area contributed by atoms with Gasteiger partial charge < -0.3 is 10.1 Å². The second-order valence-corrected chi connectivity index (χ2v) is 5.94. The highest BCUT2D eigenvalue weighted by atomic mass is 32.1. The van der Waals surface area contributed by atoms with Crippen LogP contribution in [0.5, 0.6) is 0 Å². The monoisotopic (exact) mass is 313 g/mol. The lowest BCUT2D eigenvalue weighted by Crippen LogP contribution is -2.17. The molecule has 1 atom stereocenters. The zero-order valence-electron chi connectivity index (χ0n) is 12.7. The Labute approximate surface area is 134 Å². The summed E-state index contributed by atoms with van der Waals surface area (Å²) in [7, 11) is 1.72. The number of nitrogens with one attached hydrogen (secondary N) is 1. The largest absolute Gasteiger partial charge is 0.382 e. The summed E-state index contributed by atoms with van der Waals surface area (Å²) in [6, 6.07) is 12.4. The summed E-state index contributed by atoms with van der Waals surface area (Å²) in [6.07, 6.45) is 0.822. The van der Waals surface area contributed by atoms with Crippen molar-refractivity contribution in [2.45, 2.75) is 19.4 Å². The third-order valence-electron chi connectivity index (χ3n) is 3.53. The molecule has 0 fully saturated rings. The van der Waals surface area contributed by atoms with E-state index in [1.54, 1.807) is 18.4 Å². The number of aromatic nitrogens is 2. The van der Waals surface area contributed by atoms with Gasteiger partial charge in [0.25, 0.3) is 0 Å². The van der Waals surface area contributed by atoms with Crippen LogP contribution in [-0.4, -0.2) is 23.7 Å². The molecule has 0 spiro atoms. The van der Waals surface area contributed by atoms with Crippen molar-refractivity contribution in [3.63, 3.8) is 0 Å². The first kappa shape index (κ1) is 14.9. The molecule has 5 heteroatoms. The molecule has 0 aliphatic carbocycles. The van der Waals surface area contributed by atoms with Gasteiger partial charge >= 0.3 is 0 Å². The van der Waals surface area contributed by atoms with Crippen LogP contribution in [-0.2, 0) is 11.2 Å². The number of methoxy groups -OCH3 is 1. The predicted molar refractivity (Wildman–Crippen MR) is 91.5 cm³/mol. The van der Waals surface area contributed by atoms with Crippen LogP contribution >= 0.6 is 11.3 Å². The van der Waals surface area contributed by atoms with Crippen molar-refractivity contribution in [3.05, 3.63) is 53.2 Å². The number of rotatable bonds is 6. The van der Waals surface area contributed by atoms with E-state index in [0.29, 0.717) is 6.61 Å². The topological polar surface area (TPSA) is 47.0 Å². The Morgan fingerprint density at radius 3 is 2.73 bits per heavy atom. The Bertz CT molecular complexity index is 742. The Balaban J connectivity index is 1.97. The Hall–Kier alpha value is -1.98. The maximum Gasteiger partial charge on any atom is 0.139 e. The van der Waals surface area contributed by atoms with E-state index >= 15 is 0 Å². The average Bonchev–Trinajstić information content (AvgIpc) is 3.03. The van der Waals surface area contributed by atoms with Crippen LogP contribution in [0.25, 0.3) is 10.2 Å². The molecular formula is C17H19N3OS. The van der Waals surface area contributed by atoms with Crippen molar-refractivity contribution in [1.29, 1.82) is 0 Å². The lowest BCUT2D eigenvalue weighted by molar-refractivity contribution is 0.186. The van der Waals surface area contributed by atoms with Gasteiger partial charge in [-0.1, -0.05) is 37.3 Å². The molecule has 0 saturated carbocycles. The van der Waals surface area contributed by atoms with Crippen LogP contribution in [0.2, 0.25) is 0 Å². The third kappa shape index (κ3) is 3.10. The number of benzene rings is 1. The Morgan fingerprint density at radius 1 is 1.18 bits per heavy atom. The minimum atomic E-state index is 0.0638. The number of aryl methyl sites for hydroxylation is 1.